The monoisotopic (exact) mass is 224 g/mol. The van der Waals surface area contributed by atoms with Crippen LogP contribution < -0.4 is 11.1 Å². The number of benzene rings is 1. The lowest BCUT2D eigenvalue weighted by Gasteiger charge is -2.16. The number of hydrogen-bond donors (Lipinski definition) is 2. The molecule has 0 radical (unpaired) electrons. The zero-order chi connectivity index (χ0) is 11.3. The van der Waals surface area contributed by atoms with Crippen molar-refractivity contribution in [2.75, 3.05) is 25.6 Å². The van der Waals surface area contributed by atoms with Gasteiger partial charge in [0.15, 0.2) is 0 Å². The fourth-order valence-electron chi connectivity index (χ4n) is 1.73. The summed E-state index contributed by atoms with van der Waals surface area (Å²) in [6, 6.07) is 6.37. The first-order valence-corrected chi connectivity index (χ1v) is 6.53. The van der Waals surface area contributed by atoms with Crippen LogP contribution in [0, 0.1) is 0 Å². The van der Waals surface area contributed by atoms with Gasteiger partial charge in [0.05, 0.1) is 0 Å². The van der Waals surface area contributed by atoms with Crippen LogP contribution in [-0.2, 0) is 0 Å². The molecule has 1 atom stereocenters. The molecule has 1 rings (SSSR count). The Labute approximate surface area is 96.6 Å². The van der Waals surface area contributed by atoms with E-state index in [4.69, 9.17) is 5.73 Å². The van der Waals surface area contributed by atoms with Crippen LogP contribution in [0.3, 0.4) is 0 Å². The van der Waals surface area contributed by atoms with E-state index < -0.39 is 0 Å². The third-order valence-electron chi connectivity index (χ3n) is 2.67. The molecule has 0 aromatic heterocycles. The minimum atomic E-state index is 0.585. The second-order valence-corrected chi connectivity index (χ2v) is 4.51. The molecule has 0 saturated heterocycles. The van der Waals surface area contributed by atoms with Gasteiger partial charge in [-0.15, -0.1) is 11.8 Å². The van der Waals surface area contributed by atoms with Gasteiger partial charge >= 0.3 is 0 Å². The quantitative estimate of drug-likeness (QED) is 0.596. The molecule has 0 aliphatic heterocycles. The summed E-state index contributed by atoms with van der Waals surface area (Å²) in [7, 11) is 2.00. The smallest absolute Gasteiger partial charge is 0.0452 e. The molecule has 1 aromatic carbocycles. The fraction of sp³-hybridized carbons (Fsp3) is 0.500. The second kappa shape index (κ2) is 6.03. The molecule has 84 valence electrons. The molecule has 0 heterocycles. The van der Waals surface area contributed by atoms with Crippen LogP contribution in [-0.4, -0.2) is 19.8 Å². The Bertz CT molecular complexity index is 312. The average Bonchev–Trinajstić information content (AvgIpc) is 2.27. The minimum absolute atomic E-state index is 0.585. The SMILES string of the molecule is CCC(CNC)c1ccc(N)c(SC)c1. The largest absolute Gasteiger partial charge is 0.398 e. The van der Waals surface area contributed by atoms with Gasteiger partial charge in [-0.05, 0) is 43.3 Å². The fourth-order valence-corrected chi connectivity index (χ4v) is 2.28. The summed E-state index contributed by atoms with van der Waals surface area (Å²) in [5.74, 6) is 0.585. The second-order valence-electron chi connectivity index (χ2n) is 3.66. The number of thioether (sulfide) groups is 1. The van der Waals surface area contributed by atoms with E-state index in [0.717, 1.165) is 18.7 Å². The molecular weight excluding hydrogens is 204 g/mol. The maximum atomic E-state index is 5.88. The van der Waals surface area contributed by atoms with E-state index in [-0.39, 0.29) is 0 Å². The van der Waals surface area contributed by atoms with Crippen molar-refractivity contribution in [1.82, 2.24) is 5.32 Å². The van der Waals surface area contributed by atoms with Crippen LogP contribution in [0.2, 0.25) is 0 Å². The summed E-state index contributed by atoms with van der Waals surface area (Å²) in [5, 5.41) is 3.23. The van der Waals surface area contributed by atoms with Crippen molar-refractivity contribution in [2.24, 2.45) is 0 Å². The summed E-state index contributed by atoms with van der Waals surface area (Å²) in [5.41, 5.74) is 8.14. The van der Waals surface area contributed by atoms with E-state index in [9.17, 15) is 0 Å². The number of nitrogen functional groups attached to an aromatic ring is 1. The molecule has 0 aliphatic rings. The minimum Gasteiger partial charge on any atom is -0.398 e. The normalized spacial score (nSPS) is 12.7. The van der Waals surface area contributed by atoms with Crippen molar-refractivity contribution in [1.29, 1.82) is 0 Å². The molecular formula is C12H20N2S. The number of rotatable bonds is 5. The van der Waals surface area contributed by atoms with Gasteiger partial charge < -0.3 is 11.1 Å². The van der Waals surface area contributed by atoms with Gasteiger partial charge in [-0.3, -0.25) is 0 Å². The lowest BCUT2D eigenvalue weighted by Crippen LogP contribution is -2.16. The Kier molecular flexibility index (Phi) is 4.99. The van der Waals surface area contributed by atoms with E-state index in [1.54, 1.807) is 11.8 Å². The first-order valence-electron chi connectivity index (χ1n) is 5.30. The van der Waals surface area contributed by atoms with E-state index in [0.29, 0.717) is 5.92 Å². The summed E-state index contributed by atoms with van der Waals surface area (Å²) < 4.78 is 0. The maximum absolute atomic E-state index is 5.88. The van der Waals surface area contributed by atoms with E-state index in [1.165, 1.54) is 10.5 Å². The third-order valence-corrected chi connectivity index (χ3v) is 3.47. The van der Waals surface area contributed by atoms with Crippen molar-refractivity contribution >= 4 is 17.4 Å². The molecule has 1 aromatic rings. The van der Waals surface area contributed by atoms with Crippen LogP contribution in [0.15, 0.2) is 23.1 Å². The highest BCUT2D eigenvalue weighted by atomic mass is 32.2. The van der Waals surface area contributed by atoms with E-state index >= 15 is 0 Å². The van der Waals surface area contributed by atoms with Crippen molar-refractivity contribution in [3.63, 3.8) is 0 Å². The molecule has 0 bridgehead atoms. The van der Waals surface area contributed by atoms with E-state index in [2.05, 4.69) is 30.6 Å². The van der Waals surface area contributed by atoms with Gasteiger partial charge in [0.2, 0.25) is 0 Å². The lowest BCUT2D eigenvalue weighted by atomic mass is 9.96. The number of likely N-dealkylation sites (N-methyl/N-ethyl adjacent to an activating group) is 1. The zero-order valence-electron chi connectivity index (χ0n) is 9.71. The lowest BCUT2D eigenvalue weighted by molar-refractivity contribution is 0.611. The van der Waals surface area contributed by atoms with Gasteiger partial charge in [0.25, 0.3) is 0 Å². The van der Waals surface area contributed by atoms with Crippen LogP contribution in [0.4, 0.5) is 5.69 Å². The predicted molar refractivity (Wildman–Crippen MR) is 69.6 cm³/mol. The summed E-state index contributed by atoms with van der Waals surface area (Å²) in [4.78, 5) is 1.18. The predicted octanol–water partition coefficient (Wildman–Crippen LogP) is 2.70. The highest BCUT2D eigenvalue weighted by Gasteiger charge is 2.09. The van der Waals surface area contributed by atoms with Crippen molar-refractivity contribution in [3.05, 3.63) is 23.8 Å². The van der Waals surface area contributed by atoms with Crippen LogP contribution >= 0.6 is 11.8 Å². The summed E-state index contributed by atoms with van der Waals surface area (Å²) in [6.45, 7) is 3.24. The molecule has 0 saturated carbocycles. The molecule has 15 heavy (non-hydrogen) atoms. The first-order chi connectivity index (χ1) is 7.22. The van der Waals surface area contributed by atoms with Gasteiger partial charge in [-0.25, -0.2) is 0 Å². The standard InChI is InChI=1S/C12H20N2S/c1-4-9(8-14-2)10-5-6-11(13)12(7-10)15-3/h5-7,9,14H,4,8,13H2,1-3H3. The molecule has 0 aliphatic carbocycles. The molecule has 0 fully saturated rings. The molecule has 0 amide bonds. The van der Waals surface area contributed by atoms with Crippen LogP contribution in [0.1, 0.15) is 24.8 Å². The summed E-state index contributed by atoms with van der Waals surface area (Å²) >= 11 is 1.71. The number of nitrogens with two attached hydrogens (primary N) is 1. The highest BCUT2D eigenvalue weighted by Crippen LogP contribution is 2.28. The van der Waals surface area contributed by atoms with Crippen molar-refractivity contribution < 1.29 is 0 Å². The van der Waals surface area contributed by atoms with Crippen LogP contribution in [0.25, 0.3) is 0 Å². The number of nitrogens with one attached hydrogen (secondary N) is 1. The highest BCUT2D eigenvalue weighted by molar-refractivity contribution is 7.98. The van der Waals surface area contributed by atoms with Gasteiger partial charge in [0, 0.05) is 17.1 Å². The number of hydrogen-bond acceptors (Lipinski definition) is 3. The number of anilines is 1. The maximum Gasteiger partial charge on any atom is 0.0452 e. The van der Waals surface area contributed by atoms with Gasteiger partial charge in [-0.2, -0.15) is 0 Å². The molecule has 3 N–H and O–H groups in total. The average molecular weight is 224 g/mol. The Morgan fingerprint density at radius 1 is 1.47 bits per heavy atom. The van der Waals surface area contributed by atoms with Crippen molar-refractivity contribution in [3.8, 4) is 0 Å². The molecule has 0 spiro atoms. The Hall–Kier alpha value is -0.670. The zero-order valence-corrected chi connectivity index (χ0v) is 10.5. The van der Waals surface area contributed by atoms with Gasteiger partial charge in [-0.1, -0.05) is 13.0 Å². The van der Waals surface area contributed by atoms with Crippen molar-refractivity contribution in [2.45, 2.75) is 24.2 Å². The van der Waals surface area contributed by atoms with Gasteiger partial charge in [0.1, 0.15) is 0 Å². The first kappa shape index (κ1) is 12.4. The topological polar surface area (TPSA) is 38.0 Å². The summed E-state index contributed by atoms with van der Waals surface area (Å²) in [6.07, 6.45) is 3.22. The Morgan fingerprint density at radius 2 is 2.20 bits per heavy atom. The third kappa shape index (κ3) is 3.14. The Balaban J connectivity index is 2.92. The Morgan fingerprint density at radius 3 is 2.73 bits per heavy atom. The molecule has 1 unspecified atom stereocenters. The molecule has 3 heteroatoms. The van der Waals surface area contributed by atoms with E-state index in [1.807, 2.05) is 13.1 Å². The molecule has 2 nitrogen and oxygen atoms in total. The van der Waals surface area contributed by atoms with Crippen LogP contribution in [0.5, 0.6) is 0 Å².